The Balaban J connectivity index is 1.90. The summed E-state index contributed by atoms with van der Waals surface area (Å²) < 4.78 is 1.70. The van der Waals surface area contributed by atoms with Crippen LogP contribution in [0.3, 0.4) is 0 Å². The second-order valence-corrected chi connectivity index (χ2v) is 5.31. The molecule has 0 aliphatic carbocycles. The summed E-state index contributed by atoms with van der Waals surface area (Å²) in [6.07, 6.45) is 2.66. The highest BCUT2D eigenvalue weighted by Gasteiger charge is 2.07. The van der Waals surface area contributed by atoms with Crippen molar-refractivity contribution in [2.75, 3.05) is 5.32 Å². The van der Waals surface area contributed by atoms with Crippen LogP contribution in [0.4, 0.5) is 11.5 Å². The van der Waals surface area contributed by atoms with Gasteiger partial charge in [-0.25, -0.2) is 4.98 Å². The molecule has 0 aliphatic rings. The van der Waals surface area contributed by atoms with E-state index in [0.717, 1.165) is 23.6 Å². The van der Waals surface area contributed by atoms with E-state index in [2.05, 4.69) is 58.5 Å². The Hall–Kier alpha value is -2.43. The minimum Gasteiger partial charge on any atom is -0.340 e. The Bertz CT molecular complexity index is 745. The quantitative estimate of drug-likeness (QED) is 0.792. The van der Waals surface area contributed by atoms with Gasteiger partial charge in [0.25, 0.3) is 5.78 Å². The van der Waals surface area contributed by atoms with E-state index in [9.17, 15) is 0 Å². The van der Waals surface area contributed by atoms with Crippen LogP contribution in [0.2, 0.25) is 0 Å². The SMILES string of the molecule is CC[C@@H](C)c1ccc(Nc2cc(C)nc3ncnn23)cc1. The maximum Gasteiger partial charge on any atom is 0.254 e. The van der Waals surface area contributed by atoms with Crippen LogP contribution >= 0.6 is 0 Å². The second kappa shape index (κ2) is 5.52. The topological polar surface area (TPSA) is 55.1 Å². The molecule has 0 fully saturated rings. The smallest absolute Gasteiger partial charge is 0.254 e. The van der Waals surface area contributed by atoms with Gasteiger partial charge in [-0.2, -0.15) is 14.6 Å². The zero-order chi connectivity index (χ0) is 14.8. The van der Waals surface area contributed by atoms with Gasteiger partial charge >= 0.3 is 0 Å². The van der Waals surface area contributed by atoms with Crippen LogP contribution in [0.1, 0.15) is 37.4 Å². The third-order valence-corrected chi connectivity index (χ3v) is 3.74. The average molecular weight is 281 g/mol. The van der Waals surface area contributed by atoms with Crippen molar-refractivity contribution in [2.24, 2.45) is 0 Å². The molecule has 21 heavy (non-hydrogen) atoms. The van der Waals surface area contributed by atoms with Crippen LogP contribution in [0.25, 0.3) is 5.78 Å². The number of hydrogen-bond donors (Lipinski definition) is 1. The van der Waals surface area contributed by atoms with E-state index in [-0.39, 0.29) is 0 Å². The number of rotatable bonds is 4. The first-order valence-corrected chi connectivity index (χ1v) is 7.21. The van der Waals surface area contributed by atoms with Gasteiger partial charge in [-0.3, -0.25) is 0 Å². The van der Waals surface area contributed by atoms with Crippen LogP contribution in [0, 0.1) is 6.92 Å². The van der Waals surface area contributed by atoms with Crippen molar-refractivity contribution in [1.29, 1.82) is 0 Å². The summed E-state index contributed by atoms with van der Waals surface area (Å²) in [5, 5.41) is 7.57. The number of benzene rings is 1. The van der Waals surface area contributed by atoms with Gasteiger partial charge in [-0.15, -0.1) is 0 Å². The van der Waals surface area contributed by atoms with Gasteiger partial charge in [-0.1, -0.05) is 26.0 Å². The largest absolute Gasteiger partial charge is 0.340 e. The Morgan fingerprint density at radius 3 is 2.71 bits per heavy atom. The minimum atomic E-state index is 0.587. The number of nitrogens with zero attached hydrogens (tertiary/aromatic N) is 4. The molecule has 0 saturated heterocycles. The van der Waals surface area contributed by atoms with Crippen molar-refractivity contribution in [3.8, 4) is 0 Å². The normalized spacial score (nSPS) is 12.5. The number of aryl methyl sites for hydroxylation is 1. The lowest BCUT2D eigenvalue weighted by Crippen LogP contribution is -2.02. The third kappa shape index (κ3) is 2.72. The molecule has 0 amide bonds. The van der Waals surface area contributed by atoms with Crippen LogP contribution < -0.4 is 5.32 Å². The number of anilines is 2. The Morgan fingerprint density at radius 2 is 2.00 bits per heavy atom. The molecule has 1 atom stereocenters. The molecule has 0 spiro atoms. The average Bonchev–Trinajstić information content (AvgIpc) is 2.95. The molecule has 0 bridgehead atoms. The van der Waals surface area contributed by atoms with Crippen LogP contribution in [0.15, 0.2) is 36.7 Å². The van der Waals surface area contributed by atoms with Crippen LogP contribution in [0.5, 0.6) is 0 Å². The number of aromatic nitrogens is 4. The molecule has 0 unspecified atom stereocenters. The van der Waals surface area contributed by atoms with E-state index < -0.39 is 0 Å². The lowest BCUT2D eigenvalue weighted by atomic mass is 9.99. The predicted molar refractivity (Wildman–Crippen MR) is 83.9 cm³/mol. The van der Waals surface area contributed by atoms with E-state index in [1.54, 1.807) is 4.52 Å². The number of fused-ring (bicyclic) bond motifs is 1. The maximum atomic E-state index is 4.34. The van der Waals surface area contributed by atoms with E-state index in [4.69, 9.17) is 0 Å². The highest BCUT2D eigenvalue weighted by atomic mass is 15.3. The van der Waals surface area contributed by atoms with Gasteiger partial charge in [0, 0.05) is 17.4 Å². The van der Waals surface area contributed by atoms with Gasteiger partial charge in [-0.05, 0) is 37.0 Å². The zero-order valence-corrected chi connectivity index (χ0v) is 12.5. The van der Waals surface area contributed by atoms with Gasteiger partial charge < -0.3 is 5.32 Å². The summed E-state index contributed by atoms with van der Waals surface area (Å²) in [5.74, 6) is 2.06. The molecule has 0 saturated carbocycles. The fourth-order valence-electron chi connectivity index (χ4n) is 2.30. The highest BCUT2D eigenvalue weighted by Crippen LogP contribution is 2.22. The minimum absolute atomic E-state index is 0.587. The van der Waals surface area contributed by atoms with Crippen molar-refractivity contribution in [2.45, 2.75) is 33.1 Å². The monoisotopic (exact) mass is 281 g/mol. The first kappa shape index (κ1) is 13.5. The Morgan fingerprint density at radius 1 is 1.24 bits per heavy atom. The van der Waals surface area contributed by atoms with Crippen molar-refractivity contribution in [1.82, 2.24) is 19.6 Å². The highest BCUT2D eigenvalue weighted by molar-refractivity contribution is 5.59. The summed E-state index contributed by atoms with van der Waals surface area (Å²) in [5.41, 5.74) is 3.30. The number of nitrogens with one attached hydrogen (secondary N) is 1. The van der Waals surface area contributed by atoms with E-state index >= 15 is 0 Å². The Labute approximate surface area is 124 Å². The van der Waals surface area contributed by atoms with E-state index in [0.29, 0.717) is 11.7 Å². The van der Waals surface area contributed by atoms with Gasteiger partial charge in [0.15, 0.2) is 0 Å². The molecule has 2 aromatic heterocycles. The lowest BCUT2D eigenvalue weighted by Gasteiger charge is -2.12. The van der Waals surface area contributed by atoms with Gasteiger partial charge in [0.2, 0.25) is 0 Å². The maximum absolute atomic E-state index is 4.34. The molecule has 3 aromatic rings. The van der Waals surface area contributed by atoms with Crippen molar-refractivity contribution in [3.63, 3.8) is 0 Å². The van der Waals surface area contributed by atoms with Crippen molar-refractivity contribution >= 4 is 17.3 Å². The summed E-state index contributed by atoms with van der Waals surface area (Å²) >= 11 is 0. The Kier molecular flexibility index (Phi) is 3.56. The molecular weight excluding hydrogens is 262 g/mol. The summed E-state index contributed by atoms with van der Waals surface area (Å²) in [6.45, 7) is 6.40. The molecule has 5 nitrogen and oxygen atoms in total. The lowest BCUT2D eigenvalue weighted by molar-refractivity contribution is 0.734. The van der Waals surface area contributed by atoms with Crippen molar-refractivity contribution in [3.05, 3.63) is 47.9 Å². The number of hydrogen-bond acceptors (Lipinski definition) is 4. The van der Waals surface area contributed by atoms with Gasteiger partial charge in [0.05, 0.1) is 0 Å². The first-order chi connectivity index (χ1) is 10.2. The molecular formula is C16H19N5. The first-order valence-electron chi connectivity index (χ1n) is 7.21. The molecule has 108 valence electrons. The molecule has 2 heterocycles. The standard InChI is InChI=1S/C16H19N5/c1-4-11(2)13-5-7-14(8-6-13)20-15-9-12(3)19-16-17-10-18-21(15)16/h5-11,20H,4H2,1-3H3/t11-/m1/s1. The molecule has 3 rings (SSSR count). The summed E-state index contributed by atoms with van der Waals surface area (Å²) in [4.78, 5) is 8.47. The van der Waals surface area contributed by atoms with Gasteiger partial charge in [0.1, 0.15) is 12.1 Å². The molecule has 0 aliphatic heterocycles. The second-order valence-electron chi connectivity index (χ2n) is 5.31. The molecule has 0 radical (unpaired) electrons. The van der Waals surface area contributed by atoms with E-state index in [1.807, 2.05) is 13.0 Å². The van der Waals surface area contributed by atoms with Crippen LogP contribution in [-0.2, 0) is 0 Å². The molecule has 5 heteroatoms. The molecule has 1 aromatic carbocycles. The van der Waals surface area contributed by atoms with E-state index in [1.165, 1.54) is 11.9 Å². The third-order valence-electron chi connectivity index (χ3n) is 3.74. The predicted octanol–water partition coefficient (Wildman–Crippen LogP) is 3.69. The summed E-state index contributed by atoms with van der Waals surface area (Å²) in [7, 11) is 0. The fraction of sp³-hybridized carbons (Fsp3) is 0.312. The molecule has 1 N–H and O–H groups in total. The van der Waals surface area contributed by atoms with Crippen molar-refractivity contribution < 1.29 is 0 Å². The fourth-order valence-corrected chi connectivity index (χ4v) is 2.30. The zero-order valence-electron chi connectivity index (χ0n) is 12.5. The summed E-state index contributed by atoms with van der Waals surface area (Å²) in [6, 6.07) is 10.5. The van der Waals surface area contributed by atoms with Crippen LogP contribution in [-0.4, -0.2) is 19.6 Å².